The molecule has 2 nitrogen and oxygen atoms in total. The molecule has 0 aliphatic heterocycles. The van der Waals surface area contributed by atoms with Crippen LogP contribution in [-0.2, 0) is 0 Å². The Kier molecular flexibility index (Phi) is 3.12. The molecule has 0 radical (unpaired) electrons. The van der Waals surface area contributed by atoms with E-state index in [2.05, 4.69) is 0 Å². The molecule has 1 N–H and O–H groups in total. The van der Waals surface area contributed by atoms with Gasteiger partial charge in [0, 0.05) is 6.07 Å². The second kappa shape index (κ2) is 4.12. The molecule has 0 aliphatic carbocycles. The van der Waals surface area contributed by atoms with Gasteiger partial charge < -0.3 is 9.84 Å². The number of halogens is 1. The SMILES string of the molecule is CC(C)COc1ccc(O)cc1F. The lowest BCUT2D eigenvalue weighted by Crippen LogP contribution is -2.05. The molecule has 0 heterocycles. The van der Waals surface area contributed by atoms with Crippen LogP contribution in [0.1, 0.15) is 13.8 Å². The predicted octanol–water partition coefficient (Wildman–Crippen LogP) is 2.57. The molecule has 0 bridgehead atoms. The molecule has 0 saturated heterocycles. The summed E-state index contributed by atoms with van der Waals surface area (Å²) in [5, 5.41) is 8.92. The number of hydrogen-bond donors (Lipinski definition) is 1. The van der Waals surface area contributed by atoms with Gasteiger partial charge in [0.1, 0.15) is 5.75 Å². The van der Waals surface area contributed by atoms with Crippen LogP contribution in [0.15, 0.2) is 18.2 Å². The van der Waals surface area contributed by atoms with Gasteiger partial charge in [0.15, 0.2) is 11.6 Å². The van der Waals surface area contributed by atoms with Gasteiger partial charge in [0.25, 0.3) is 0 Å². The Bertz CT molecular complexity index is 284. The van der Waals surface area contributed by atoms with Gasteiger partial charge in [-0.05, 0) is 18.1 Å². The van der Waals surface area contributed by atoms with Gasteiger partial charge in [-0.3, -0.25) is 0 Å². The van der Waals surface area contributed by atoms with E-state index in [4.69, 9.17) is 9.84 Å². The van der Waals surface area contributed by atoms with E-state index < -0.39 is 5.82 Å². The second-order valence-corrected chi connectivity index (χ2v) is 3.32. The van der Waals surface area contributed by atoms with Crippen molar-refractivity contribution in [1.29, 1.82) is 0 Å². The minimum absolute atomic E-state index is 0.0885. The summed E-state index contributed by atoms with van der Waals surface area (Å²) in [4.78, 5) is 0. The number of benzene rings is 1. The second-order valence-electron chi connectivity index (χ2n) is 3.32. The summed E-state index contributed by atoms with van der Waals surface area (Å²) in [6.45, 7) is 4.44. The smallest absolute Gasteiger partial charge is 0.168 e. The first kappa shape index (κ1) is 9.84. The Morgan fingerprint density at radius 2 is 2.15 bits per heavy atom. The van der Waals surface area contributed by atoms with Crippen LogP contribution in [-0.4, -0.2) is 11.7 Å². The third kappa shape index (κ3) is 2.93. The number of rotatable bonds is 3. The van der Waals surface area contributed by atoms with Crippen LogP contribution < -0.4 is 4.74 Å². The topological polar surface area (TPSA) is 29.5 Å². The van der Waals surface area contributed by atoms with Gasteiger partial charge in [-0.25, -0.2) is 4.39 Å². The van der Waals surface area contributed by atoms with E-state index in [9.17, 15) is 4.39 Å². The summed E-state index contributed by atoms with van der Waals surface area (Å²) in [6, 6.07) is 3.86. The highest BCUT2D eigenvalue weighted by Gasteiger charge is 2.04. The Morgan fingerprint density at radius 1 is 1.46 bits per heavy atom. The summed E-state index contributed by atoms with van der Waals surface area (Å²) in [7, 11) is 0. The first-order valence-electron chi connectivity index (χ1n) is 4.21. The summed E-state index contributed by atoms with van der Waals surface area (Å²) in [6.07, 6.45) is 0. The van der Waals surface area contributed by atoms with E-state index in [1.54, 1.807) is 0 Å². The number of hydrogen-bond acceptors (Lipinski definition) is 2. The fourth-order valence-corrected chi connectivity index (χ4v) is 0.863. The molecule has 13 heavy (non-hydrogen) atoms. The van der Waals surface area contributed by atoms with Crippen molar-refractivity contribution in [2.45, 2.75) is 13.8 Å². The molecule has 1 aromatic rings. The van der Waals surface area contributed by atoms with Crippen LogP contribution in [0.25, 0.3) is 0 Å². The Labute approximate surface area is 77.0 Å². The van der Waals surface area contributed by atoms with Crippen molar-refractivity contribution in [2.24, 2.45) is 5.92 Å². The van der Waals surface area contributed by atoms with Gasteiger partial charge in [0.2, 0.25) is 0 Å². The van der Waals surface area contributed by atoms with Crippen LogP contribution in [0, 0.1) is 11.7 Å². The molecule has 0 unspecified atom stereocenters. The van der Waals surface area contributed by atoms with Gasteiger partial charge in [-0.1, -0.05) is 13.8 Å². The zero-order valence-electron chi connectivity index (χ0n) is 7.75. The molecule has 0 spiro atoms. The highest BCUT2D eigenvalue weighted by molar-refractivity contribution is 5.31. The lowest BCUT2D eigenvalue weighted by molar-refractivity contribution is 0.258. The van der Waals surface area contributed by atoms with Crippen molar-refractivity contribution in [1.82, 2.24) is 0 Å². The Hall–Kier alpha value is -1.25. The summed E-state index contributed by atoms with van der Waals surface area (Å²) < 4.78 is 18.2. The van der Waals surface area contributed by atoms with Crippen LogP contribution in [0.2, 0.25) is 0 Å². The Morgan fingerprint density at radius 3 is 2.69 bits per heavy atom. The largest absolute Gasteiger partial charge is 0.508 e. The maximum atomic E-state index is 13.0. The van der Waals surface area contributed by atoms with Crippen molar-refractivity contribution in [3.8, 4) is 11.5 Å². The molecular formula is C10H13FO2. The molecule has 0 atom stereocenters. The van der Waals surface area contributed by atoms with Crippen molar-refractivity contribution in [3.63, 3.8) is 0 Å². The number of phenols is 1. The van der Waals surface area contributed by atoms with E-state index in [1.807, 2.05) is 13.8 Å². The first-order valence-corrected chi connectivity index (χ1v) is 4.21. The predicted molar refractivity (Wildman–Crippen MR) is 48.4 cm³/mol. The number of phenolic OH excluding ortho intramolecular Hbond substituents is 1. The monoisotopic (exact) mass is 184 g/mol. The highest BCUT2D eigenvalue weighted by atomic mass is 19.1. The van der Waals surface area contributed by atoms with Crippen molar-refractivity contribution >= 4 is 0 Å². The summed E-state index contributed by atoms with van der Waals surface area (Å²) in [5.41, 5.74) is 0. The zero-order chi connectivity index (χ0) is 9.84. The van der Waals surface area contributed by atoms with Crippen molar-refractivity contribution < 1.29 is 14.2 Å². The van der Waals surface area contributed by atoms with Gasteiger partial charge in [-0.2, -0.15) is 0 Å². The normalized spacial score (nSPS) is 10.5. The number of ether oxygens (including phenoxy) is 1. The summed E-state index contributed by atoms with van der Waals surface area (Å²) >= 11 is 0. The molecule has 0 amide bonds. The quantitative estimate of drug-likeness (QED) is 0.782. The molecule has 72 valence electrons. The van der Waals surface area contributed by atoms with E-state index in [0.717, 1.165) is 6.07 Å². The number of aromatic hydroxyl groups is 1. The molecule has 1 rings (SSSR count). The minimum Gasteiger partial charge on any atom is -0.508 e. The average Bonchev–Trinajstić information content (AvgIpc) is 2.02. The molecule has 0 aliphatic rings. The van der Waals surface area contributed by atoms with E-state index >= 15 is 0 Å². The molecular weight excluding hydrogens is 171 g/mol. The molecule has 3 heteroatoms. The third-order valence-corrected chi connectivity index (χ3v) is 1.49. The Balaban J connectivity index is 2.67. The lowest BCUT2D eigenvalue weighted by atomic mass is 10.2. The fourth-order valence-electron chi connectivity index (χ4n) is 0.863. The third-order valence-electron chi connectivity index (χ3n) is 1.49. The zero-order valence-corrected chi connectivity index (χ0v) is 7.75. The van der Waals surface area contributed by atoms with Crippen LogP contribution in [0.3, 0.4) is 0 Å². The maximum absolute atomic E-state index is 13.0. The standard InChI is InChI=1S/C10H13FO2/c1-7(2)6-13-10-4-3-8(12)5-9(10)11/h3-5,7,12H,6H2,1-2H3. The fraction of sp³-hybridized carbons (Fsp3) is 0.400. The molecule has 0 fully saturated rings. The van der Waals surface area contributed by atoms with Crippen molar-refractivity contribution in [2.75, 3.05) is 6.61 Å². The van der Waals surface area contributed by atoms with Crippen LogP contribution >= 0.6 is 0 Å². The lowest BCUT2D eigenvalue weighted by Gasteiger charge is -2.09. The van der Waals surface area contributed by atoms with Crippen LogP contribution in [0.4, 0.5) is 4.39 Å². The molecule has 0 aromatic heterocycles. The first-order chi connectivity index (χ1) is 6.09. The van der Waals surface area contributed by atoms with Gasteiger partial charge >= 0.3 is 0 Å². The molecule has 1 aromatic carbocycles. The van der Waals surface area contributed by atoms with Gasteiger partial charge in [-0.15, -0.1) is 0 Å². The molecule has 0 saturated carbocycles. The minimum atomic E-state index is -0.527. The van der Waals surface area contributed by atoms with E-state index in [-0.39, 0.29) is 11.5 Å². The summed E-state index contributed by atoms with van der Waals surface area (Å²) in [5.74, 6) is -0.0743. The van der Waals surface area contributed by atoms with E-state index in [0.29, 0.717) is 12.5 Å². The highest BCUT2D eigenvalue weighted by Crippen LogP contribution is 2.21. The van der Waals surface area contributed by atoms with Crippen LogP contribution in [0.5, 0.6) is 11.5 Å². The maximum Gasteiger partial charge on any atom is 0.168 e. The average molecular weight is 184 g/mol. The van der Waals surface area contributed by atoms with Gasteiger partial charge in [0.05, 0.1) is 6.61 Å². The van der Waals surface area contributed by atoms with Crippen molar-refractivity contribution in [3.05, 3.63) is 24.0 Å². The van der Waals surface area contributed by atoms with E-state index in [1.165, 1.54) is 12.1 Å².